The Bertz CT molecular complexity index is 1270. The van der Waals surface area contributed by atoms with Crippen molar-refractivity contribution in [3.05, 3.63) is 54.1 Å². The van der Waals surface area contributed by atoms with Crippen molar-refractivity contribution in [2.45, 2.75) is 35.1 Å². The first-order valence-electron chi connectivity index (χ1n) is 11.7. The number of nitrogens with one attached hydrogen (secondary N) is 1. The van der Waals surface area contributed by atoms with Gasteiger partial charge < -0.3 is 10.2 Å². The molecule has 0 aromatic heterocycles. The fraction of sp³-hybridized carbons (Fsp3) is 0.458. The van der Waals surface area contributed by atoms with Crippen LogP contribution in [0.4, 0.5) is 10.5 Å². The van der Waals surface area contributed by atoms with E-state index in [0.29, 0.717) is 24.4 Å². The van der Waals surface area contributed by atoms with Gasteiger partial charge in [-0.1, -0.05) is 18.2 Å². The fourth-order valence-corrected chi connectivity index (χ4v) is 6.77. The van der Waals surface area contributed by atoms with Gasteiger partial charge in [-0.05, 0) is 55.2 Å². The van der Waals surface area contributed by atoms with Gasteiger partial charge in [0, 0.05) is 52.0 Å². The molecule has 0 unspecified atom stereocenters. The van der Waals surface area contributed by atoms with E-state index in [0.717, 1.165) is 37.2 Å². The third kappa shape index (κ3) is 5.69. The minimum atomic E-state index is -3.52. The molecular formula is C24H32N4O5S2. The zero-order valence-corrected chi connectivity index (χ0v) is 21.7. The molecular weight excluding hydrogens is 488 g/mol. The fourth-order valence-electron chi connectivity index (χ4n) is 4.51. The van der Waals surface area contributed by atoms with E-state index in [1.807, 2.05) is 0 Å². The molecule has 1 N–H and O–H groups in total. The number of sulfonamides is 1. The summed E-state index contributed by atoms with van der Waals surface area (Å²) in [5, 5.41) is 3.10. The molecule has 0 spiro atoms. The summed E-state index contributed by atoms with van der Waals surface area (Å²) in [6, 6.07) is 13.2. The number of fused-ring (bicyclic) bond motifs is 1. The summed E-state index contributed by atoms with van der Waals surface area (Å²) in [6.45, 7) is 2.41. The first kappa shape index (κ1) is 25.6. The molecule has 1 saturated heterocycles. The third-order valence-electron chi connectivity index (χ3n) is 6.66. The molecule has 2 aliphatic rings. The highest BCUT2D eigenvalue weighted by molar-refractivity contribution is 7.91. The lowest BCUT2D eigenvalue weighted by Gasteiger charge is -2.33. The van der Waals surface area contributed by atoms with Crippen molar-refractivity contribution in [3.63, 3.8) is 0 Å². The molecule has 0 radical (unpaired) electrons. The topological polar surface area (TPSA) is 107 Å². The van der Waals surface area contributed by atoms with Crippen molar-refractivity contribution in [3.8, 4) is 0 Å². The average Bonchev–Trinajstić information content (AvgIpc) is 3.28. The van der Waals surface area contributed by atoms with Crippen LogP contribution in [0.2, 0.25) is 0 Å². The van der Waals surface area contributed by atoms with E-state index in [1.165, 1.54) is 18.4 Å². The molecule has 2 aromatic carbocycles. The van der Waals surface area contributed by atoms with Crippen molar-refractivity contribution in [2.75, 3.05) is 50.9 Å². The van der Waals surface area contributed by atoms with Crippen LogP contribution in [0.1, 0.15) is 18.4 Å². The number of piperidine rings is 1. The van der Waals surface area contributed by atoms with E-state index >= 15 is 0 Å². The van der Waals surface area contributed by atoms with Gasteiger partial charge in [0.1, 0.15) is 0 Å². The first-order chi connectivity index (χ1) is 16.6. The predicted molar refractivity (Wildman–Crippen MR) is 135 cm³/mol. The summed E-state index contributed by atoms with van der Waals surface area (Å²) < 4.78 is 51.0. The van der Waals surface area contributed by atoms with Gasteiger partial charge in [-0.2, -0.15) is 0 Å². The Morgan fingerprint density at radius 3 is 2.31 bits per heavy atom. The SMILES string of the molecule is CN(C)S(=O)(=O)c1ccc2c(c1)CCN2C(=O)NC1CCN(CCS(=O)(=O)c2ccccc2)CC1. The van der Waals surface area contributed by atoms with Gasteiger partial charge in [0.15, 0.2) is 9.84 Å². The predicted octanol–water partition coefficient (Wildman–Crippen LogP) is 1.95. The molecule has 4 rings (SSSR count). The standard InChI is InChI=1S/C24H32N4O5S2/c1-26(2)35(32,33)22-8-9-23-19(18-22)10-15-28(23)24(29)25-20-11-13-27(14-12-20)16-17-34(30,31)21-6-4-3-5-7-21/h3-9,18,20H,10-17H2,1-2H3,(H,25,29). The number of anilines is 1. The molecule has 9 nitrogen and oxygen atoms in total. The van der Waals surface area contributed by atoms with Crippen LogP contribution in [-0.2, 0) is 26.3 Å². The second kappa shape index (κ2) is 10.3. The van der Waals surface area contributed by atoms with E-state index < -0.39 is 19.9 Å². The van der Waals surface area contributed by atoms with E-state index in [4.69, 9.17) is 0 Å². The van der Waals surface area contributed by atoms with Crippen LogP contribution in [0, 0.1) is 0 Å². The monoisotopic (exact) mass is 520 g/mol. The number of benzene rings is 2. The summed E-state index contributed by atoms with van der Waals surface area (Å²) in [5.41, 5.74) is 1.58. The maximum Gasteiger partial charge on any atom is 0.322 e. The Labute approximate surface area is 207 Å². The lowest BCUT2D eigenvalue weighted by molar-refractivity contribution is 0.201. The zero-order valence-electron chi connectivity index (χ0n) is 20.1. The molecule has 0 bridgehead atoms. The number of sulfone groups is 1. The lowest BCUT2D eigenvalue weighted by atomic mass is 10.1. The third-order valence-corrected chi connectivity index (χ3v) is 10.2. The Kier molecular flexibility index (Phi) is 7.51. The highest BCUT2D eigenvalue weighted by Crippen LogP contribution is 2.31. The second-order valence-corrected chi connectivity index (χ2v) is 13.4. The van der Waals surface area contributed by atoms with Gasteiger partial charge >= 0.3 is 6.03 Å². The van der Waals surface area contributed by atoms with Crippen molar-refractivity contribution in [1.29, 1.82) is 0 Å². The minimum Gasteiger partial charge on any atom is -0.335 e. The molecule has 2 amide bonds. The minimum absolute atomic E-state index is 0.0157. The number of nitrogens with zero attached hydrogens (tertiary/aromatic N) is 3. The van der Waals surface area contributed by atoms with Gasteiger partial charge in [-0.3, -0.25) is 4.90 Å². The number of rotatable bonds is 7. The molecule has 11 heteroatoms. The van der Waals surface area contributed by atoms with Gasteiger partial charge in [-0.25, -0.2) is 25.9 Å². The van der Waals surface area contributed by atoms with Crippen LogP contribution in [-0.4, -0.2) is 84.1 Å². The molecule has 0 atom stereocenters. The van der Waals surface area contributed by atoms with Crippen LogP contribution in [0.3, 0.4) is 0 Å². The Hall–Kier alpha value is -2.47. The van der Waals surface area contributed by atoms with Crippen molar-refractivity contribution in [1.82, 2.24) is 14.5 Å². The molecule has 0 saturated carbocycles. The normalized spacial score (nSPS) is 17.5. The Morgan fingerprint density at radius 1 is 0.971 bits per heavy atom. The molecule has 2 aliphatic heterocycles. The zero-order chi connectivity index (χ0) is 25.2. The van der Waals surface area contributed by atoms with E-state index in [9.17, 15) is 21.6 Å². The maximum absolute atomic E-state index is 13.0. The van der Waals surface area contributed by atoms with Crippen LogP contribution in [0.5, 0.6) is 0 Å². The van der Waals surface area contributed by atoms with Crippen LogP contribution in [0.25, 0.3) is 0 Å². The molecule has 1 fully saturated rings. The van der Waals surface area contributed by atoms with Crippen LogP contribution >= 0.6 is 0 Å². The summed E-state index contributed by atoms with van der Waals surface area (Å²) in [4.78, 5) is 17.3. The average molecular weight is 521 g/mol. The molecule has 0 aliphatic carbocycles. The number of carbonyl (C=O) groups excluding carboxylic acids is 1. The van der Waals surface area contributed by atoms with Gasteiger partial charge in [-0.15, -0.1) is 0 Å². The second-order valence-electron chi connectivity index (χ2n) is 9.18. The summed E-state index contributed by atoms with van der Waals surface area (Å²) in [6.07, 6.45) is 2.10. The molecule has 190 valence electrons. The number of carbonyl (C=O) groups is 1. The highest BCUT2D eigenvalue weighted by Gasteiger charge is 2.30. The van der Waals surface area contributed by atoms with E-state index in [1.54, 1.807) is 53.4 Å². The number of likely N-dealkylation sites (tertiary alicyclic amines) is 1. The van der Waals surface area contributed by atoms with Crippen molar-refractivity contribution < 1.29 is 21.6 Å². The summed E-state index contributed by atoms with van der Waals surface area (Å²) in [7, 11) is -3.84. The molecule has 2 aromatic rings. The van der Waals surface area contributed by atoms with E-state index in [2.05, 4.69) is 10.2 Å². The smallest absolute Gasteiger partial charge is 0.322 e. The maximum atomic E-state index is 13.0. The number of hydrogen-bond acceptors (Lipinski definition) is 6. The van der Waals surface area contributed by atoms with Crippen LogP contribution in [0.15, 0.2) is 58.3 Å². The van der Waals surface area contributed by atoms with E-state index in [-0.39, 0.29) is 22.7 Å². The Balaban J connectivity index is 1.29. The largest absolute Gasteiger partial charge is 0.335 e. The molecule has 2 heterocycles. The lowest BCUT2D eigenvalue weighted by Crippen LogP contribution is -2.49. The quantitative estimate of drug-likeness (QED) is 0.598. The van der Waals surface area contributed by atoms with Crippen LogP contribution < -0.4 is 10.2 Å². The van der Waals surface area contributed by atoms with Gasteiger partial charge in [0.05, 0.1) is 15.5 Å². The number of amides is 2. The summed E-state index contributed by atoms with van der Waals surface area (Å²) in [5.74, 6) is 0.0735. The molecule has 35 heavy (non-hydrogen) atoms. The number of hydrogen-bond donors (Lipinski definition) is 1. The van der Waals surface area contributed by atoms with Gasteiger partial charge in [0.2, 0.25) is 10.0 Å². The Morgan fingerprint density at radius 2 is 1.66 bits per heavy atom. The highest BCUT2D eigenvalue weighted by atomic mass is 32.2. The summed E-state index contributed by atoms with van der Waals surface area (Å²) >= 11 is 0. The van der Waals surface area contributed by atoms with Crippen molar-refractivity contribution >= 4 is 31.6 Å². The first-order valence-corrected chi connectivity index (χ1v) is 14.8. The number of urea groups is 1. The van der Waals surface area contributed by atoms with Crippen molar-refractivity contribution in [2.24, 2.45) is 0 Å². The van der Waals surface area contributed by atoms with Gasteiger partial charge in [0.25, 0.3) is 0 Å².